The lowest BCUT2D eigenvalue weighted by Gasteiger charge is -2.26. The van der Waals surface area contributed by atoms with Crippen molar-refractivity contribution in [2.75, 3.05) is 12.4 Å². The molecule has 1 aliphatic carbocycles. The van der Waals surface area contributed by atoms with Crippen molar-refractivity contribution in [3.8, 4) is 0 Å². The van der Waals surface area contributed by atoms with Crippen molar-refractivity contribution in [2.24, 2.45) is 5.92 Å². The molecule has 1 aromatic carbocycles. The number of aryl methyl sites for hydroxylation is 1. The van der Waals surface area contributed by atoms with Gasteiger partial charge < -0.3 is 15.2 Å². The van der Waals surface area contributed by atoms with Crippen LogP contribution in [0, 0.1) is 12.8 Å². The van der Waals surface area contributed by atoms with E-state index in [-0.39, 0.29) is 12.0 Å². The summed E-state index contributed by atoms with van der Waals surface area (Å²) in [4.78, 5) is 11.3. The highest BCUT2D eigenvalue weighted by Crippen LogP contribution is 2.34. The van der Waals surface area contributed by atoms with Crippen LogP contribution in [0.4, 0.5) is 5.69 Å². The smallest absolute Gasteiger partial charge is 0.333 e. The maximum atomic E-state index is 11.3. The number of ether oxygens (including phenoxy) is 1. The quantitative estimate of drug-likeness (QED) is 0.861. The summed E-state index contributed by atoms with van der Waals surface area (Å²) in [5, 5.41) is 12.7. The first kappa shape index (κ1) is 15.3. The van der Waals surface area contributed by atoms with E-state index in [0.29, 0.717) is 0 Å². The third kappa shape index (κ3) is 3.33. The highest BCUT2D eigenvalue weighted by molar-refractivity contribution is 9.10. The lowest BCUT2D eigenvalue weighted by Crippen LogP contribution is -2.39. The van der Waals surface area contributed by atoms with Crippen LogP contribution >= 0.6 is 15.9 Å². The van der Waals surface area contributed by atoms with Gasteiger partial charge in [-0.2, -0.15) is 0 Å². The summed E-state index contributed by atoms with van der Waals surface area (Å²) < 4.78 is 6.16. The van der Waals surface area contributed by atoms with Crippen molar-refractivity contribution in [1.82, 2.24) is 0 Å². The molecule has 20 heavy (non-hydrogen) atoms. The Morgan fingerprint density at radius 3 is 2.90 bits per heavy atom. The number of benzene rings is 1. The van der Waals surface area contributed by atoms with Gasteiger partial charge in [0.2, 0.25) is 0 Å². The molecule has 4 nitrogen and oxygen atoms in total. The fraction of sp³-hybridized carbons (Fsp3) is 0.533. The second-order valence-electron chi connectivity index (χ2n) is 5.32. The van der Waals surface area contributed by atoms with E-state index in [0.717, 1.165) is 29.4 Å². The molecule has 0 saturated heterocycles. The van der Waals surface area contributed by atoms with Gasteiger partial charge in [-0.05, 0) is 53.4 Å². The first-order valence-electron chi connectivity index (χ1n) is 6.81. The van der Waals surface area contributed by atoms with Crippen molar-refractivity contribution >= 4 is 27.6 Å². The normalized spacial score (nSPS) is 23.6. The van der Waals surface area contributed by atoms with Crippen LogP contribution in [0.15, 0.2) is 22.7 Å². The Balaban J connectivity index is 2.15. The molecule has 0 radical (unpaired) electrons. The first-order valence-corrected chi connectivity index (χ1v) is 7.60. The largest absolute Gasteiger partial charge is 0.479 e. The Bertz CT molecular complexity index is 492. The lowest BCUT2D eigenvalue weighted by molar-refractivity contribution is -0.152. The van der Waals surface area contributed by atoms with Gasteiger partial charge in [0.15, 0.2) is 6.10 Å². The van der Waals surface area contributed by atoms with Crippen LogP contribution in [0.2, 0.25) is 0 Å². The average molecular weight is 342 g/mol. The molecule has 0 bridgehead atoms. The maximum absolute atomic E-state index is 11.3. The van der Waals surface area contributed by atoms with E-state index in [1.165, 1.54) is 12.7 Å². The van der Waals surface area contributed by atoms with Crippen molar-refractivity contribution in [2.45, 2.75) is 38.3 Å². The molecule has 3 unspecified atom stereocenters. The van der Waals surface area contributed by atoms with E-state index < -0.39 is 12.1 Å². The molecule has 0 aliphatic heterocycles. The maximum Gasteiger partial charge on any atom is 0.333 e. The number of hydrogen-bond acceptors (Lipinski definition) is 3. The van der Waals surface area contributed by atoms with E-state index >= 15 is 0 Å². The molecule has 1 saturated carbocycles. The van der Waals surface area contributed by atoms with Crippen molar-refractivity contribution in [3.05, 3.63) is 28.2 Å². The molecular formula is C15H20BrNO3. The highest BCUT2D eigenvalue weighted by atomic mass is 79.9. The van der Waals surface area contributed by atoms with E-state index in [4.69, 9.17) is 4.74 Å². The minimum Gasteiger partial charge on any atom is -0.479 e. The van der Waals surface area contributed by atoms with Crippen molar-refractivity contribution < 1.29 is 14.6 Å². The van der Waals surface area contributed by atoms with Crippen LogP contribution in [-0.2, 0) is 9.53 Å². The summed E-state index contributed by atoms with van der Waals surface area (Å²) in [6, 6.07) is 6.25. The number of hydrogen-bond donors (Lipinski definition) is 2. The molecule has 1 aromatic rings. The zero-order chi connectivity index (χ0) is 14.7. The van der Waals surface area contributed by atoms with Crippen LogP contribution in [-0.4, -0.2) is 30.3 Å². The molecule has 0 spiro atoms. The lowest BCUT2D eigenvalue weighted by atomic mass is 9.96. The van der Waals surface area contributed by atoms with Gasteiger partial charge in [-0.3, -0.25) is 0 Å². The SMILES string of the molecule is COC(C(=O)O)C1CCCC1Nc1cc(C)ccc1Br. The summed E-state index contributed by atoms with van der Waals surface area (Å²) in [6.45, 7) is 2.04. The number of carboxylic acid groups (broad SMARTS) is 1. The Kier molecular flexibility index (Phi) is 5.05. The van der Waals surface area contributed by atoms with Gasteiger partial charge >= 0.3 is 5.97 Å². The van der Waals surface area contributed by atoms with Gasteiger partial charge in [0.05, 0.1) is 0 Å². The number of carbonyl (C=O) groups is 1. The zero-order valence-corrected chi connectivity index (χ0v) is 13.3. The number of anilines is 1. The summed E-state index contributed by atoms with van der Waals surface area (Å²) in [5.41, 5.74) is 2.19. The van der Waals surface area contributed by atoms with Crippen LogP contribution in [0.5, 0.6) is 0 Å². The minimum absolute atomic E-state index is 0.00455. The molecule has 1 aliphatic rings. The first-order chi connectivity index (χ1) is 9.52. The minimum atomic E-state index is -0.880. The monoisotopic (exact) mass is 341 g/mol. The van der Waals surface area contributed by atoms with Crippen LogP contribution in [0.3, 0.4) is 0 Å². The standard InChI is InChI=1S/C15H20BrNO3/c1-9-6-7-11(16)13(8-9)17-12-5-3-4-10(12)14(20-2)15(18)19/h6-8,10,12,14,17H,3-5H2,1-2H3,(H,18,19). The summed E-state index contributed by atoms with van der Waals surface area (Å²) in [7, 11) is 1.47. The molecular weight excluding hydrogens is 322 g/mol. The molecule has 3 atom stereocenters. The number of rotatable bonds is 5. The van der Waals surface area contributed by atoms with Crippen LogP contribution in [0.1, 0.15) is 24.8 Å². The fourth-order valence-corrected chi connectivity index (χ4v) is 3.30. The van der Waals surface area contributed by atoms with Gasteiger partial charge in [-0.15, -0.1) is 0 Å². The number of halogens is 1. The predicted molar refractivity (Wildman–Crippen MR) is 82.1 cm³/mol. The van der Waals surface area contributed by atoms with Gasteiger partial charge in [-0.1, -0.05) is 12.5 Å². The molecule has 0 aromatic heterocycles. The summed E-state index contributed by atoms with van der Waals surface area (Å²) >= 11 is 3.53. The third-order valence-electron chi connectivity index (χ3n) is 3.92. The number of aliphatic carboxylic acids is 1. The molecule has 1 fully saturated rings. The molecule has 2 rings (SSSR count). The van der Waals surface area contributed by atoms with E-state index in [9.17, 15) is 9.90 Å². The predicted octanol–water partition coefficient (Wildman–Crippen LogP) is 3.44. The Morgan fingerprint density at radius 2 is 2.25 bits per heavy atom. The molecule has 2 N–H and O–H groups in total. The number of carboxylic acids is 1. The molecule has 0 heterocycles. The Hall–Kier alpha value is -1.07. The van der Waals surface area contributed by atoms with Crippen LogP contribution in [0.25, 0.3) is 0 Å². The Labute approximate surface area is 127 Å². The zero-order valence-electron chi connectivity index (χ0n) is 11.7. The van der Waals surface area contributed by atoms with Gasteiger partial charge in [0.25, 0.3) is 0 Å². The average Bonchev–Trinajstić information content (AvgIpc) is 2.83. The summed E-state index contributed by atoms with van der Waals surface area (Å²) in [6.07, 6.45) is 2.14. The molecule has 0 amide bonds. The second kappa shape index (κ2) is 6.59. The fourth-order valence-electron chi connectivity index (χ4n) is 2.94. The highest BCUT2D eigenvalue weighted by Gasteiger charge is 2.38. The number of methoxy groups -OCH3 is 1. The second-order valence-corrected chi connectivity index (χ2v) is 6.18. The molecule has 110 valence electrons. The molecule has 5 heteroatoms. The van der Waals surface area contributed by atoms with Gasteiger partial charge in [-0.25, -0.2) is 4.79 Å². The van der Waals surface area contributed by atoms with E-state index in [1.807, 2.05) is 19.1 Å². The van der Waals surface area contributed by atoms with Crippen molar-refractivity contribution in [1.29, 1.82) is 0 Å². The number of nitrogens with one attached hydrogen (secondary N) is 1. The van der Waals surface area contributed by atoms with Crippen molar-refractivity contribution in [3.63, 3.8) is 0 Å². The Morgan fingerprint density at radius 1 is 1.50 bits per heavy atom. The third-order valence-corrected chi connectivity index (χ3v) is 4.61. The van der Waals surface area contributed by atoms with Crippen LogP contribution < -0.4 is 5.32 Å². The van der Waals surface area contributed by atoms with Gasteiger partial charge in [0, 0.05) is 29.2 Å². The van der Waals surface area contributed by atoms with E-state index in [2.05, 4.69) is 27.3 Å². The van der Waals surface area contributed by atoms with E-state index in [1.54, 1.807) is 0 Å². The van der Waals surface area contributed by atoms with Gasteiger partial charge in [0.1, 0.15) is 0 Å². The summed E-state index contributed by atoms with van der Waals surface area (Å²) in [5.74, 6) is -0.876. The topological polar surface area (TPSA) is 58.6 Å².